The zero-order valence-corrected chi connectivity index (χ0v) is 9.79. The molecule has 0 aliphatic heterocycles. The first-order chi connectivity index (χ1) is 8.36. The molecule has 0 saturated carbocycles. The minimum atomic E-state index is 0.911. The summed E-state index contributed by atoms with van der Waals surface area (Å²) in [6, 6.07) is 9.69. The second kappa shape index (κ2) is 7.99. The summed E-state index contributed by atoms with van der Waals surface area (Å²) in [7, 11) is 0. The van der Waals surface area contributed by atoms with E-state index in [4.69, 9.17) is 0 Å². The molecule has 0 aromatic carbocycles. The van der Waals surface area contributed by atoms with Gasteiger partial charge < -0.3 is 0 Å². The molecule has 0 amide bonds. The van der Waals surface area contributed by atoms with Crippen molar-refractivity contribution in [1.82, 2.24) is 9.97 Å². The molecule has 86 valence electrons. The lowest BCUT2D eigenvalue weighted by Crippen LogP contribution is -1.79. The van der Waals surface area contributed by atoms with Crippen LogP contribution >= 0.6 is 0 Å². The number of allylic oxidation sites excluding steroid dienone is 1. The van der Waals surface area contributed by atoms with E-state index in [1.165, 1.54) is 5.56 Å². The number of aromatic nitrogens is 2. The minimum absolute atomic E-state index is 0.911. The Morgan fingerprint density at radius 2 is 1.94 bits per heavy atom. The van der Waals surface area contributed by atoms with Crippen molar-refractivity contribution in [2.24, 2.45) is 0 Å². The summed E-state index contributed by atoms with van der Waals surface area (Å²) in [5.41, 5.74) is 2.14. The van der Waals surface area contributed by atoms with Crippen molar-refractivity contribution in [1.29, 1.82) is 0 Å². The van der Waals surface area contributed by atoms with Gasteiger partial charge in [0.15, 0.2) is 0 Å². The highest BCUT2D eigenvalue weighted by molar-refractivity contribution is 5.40. The summed E-state index contributed by atoms with van der Waals surface area (Å²) in [5.74, 6) is 0. The number of hydrogen-bond donors (Lipinski definition) is 0. The SMILES string of the molecule is C=CCc1cccnc1.C=Cc1ccccn1. The van der Waals surface area contributed by atoms with Crippen LogP contribution in [-0.2, 0) is 6.42 Å². The van der Waals surface area contributed by atoms with E-state index in [0.717, 1.165) is 12.1 Å². The fraction of sp³-hybridized carbons (Fsp3) is 0.0667. The number of nitrogens with zero attached hydrogens (tertiary/aromatic N) is 2. The molecule has 2 heteroatoms. The molecule has 0 aliphatic carbocycles. The first kappa shape index (κ1) is 12.8. The third-order valence-electron chi connectivity index (χ3n) is 2.00. The van der Waals surface area contributed by atoms with E-state index in [1.807, 2.05) is 42.6 Å². The van der Waals surface area contributed by atoms with Gasteiger partial charge in [0.2, 0.25) is 0 Å². The van der Waals surface area contributed by atoms with E-state index in [1.54, 1.807) is 18.5 Å². The summed E-state index contributed by atoms with van der Waals surface area (Å²) in [4.78, 5) is 7.93. The maximum absolute atomic E-state index is 3.98. The molecule has 2 nitrogen and oxygen atoms in total. The van der Waals surface area contributed by atoms with Gasteiger partial charge in [0, 0.05) is 18.6 Å². The van der Waals surface area contributed by atoms with Gasteiger partial charge in [-0.3, -0.25) is 9.97 Å². The van der Waals surface area contributed by atoms with Gasteiger partial charge in [0.25, 0.3) is 0 Å². The Morgan fingerprint density at radius 1 is 1.06 bits per heavy atom. The van der Waals surface area contributed by atoms with Gasteiger partial charge in [-0.15, -0.1) is 6.58 Å². The summed E-state index contributed by atoms with van der Waals surface area (Å²) < 4.78 is 0. The molecule has 0 radical (unpaired) electrons. The van der Waals surface area contributed by atoms with Gasteiger partial charge in [0.1, 0.15) is 0 Å². The van der Waals surface area contributed by atoms with Crippen LogP contribution in [0.5, 0.6) is 0 Å². The lowest BCUT2D eigenvalue weighted by atomic mass is 10.2. The second-order valence-electron chi connectivity index (χ2n) is 3.31. The highest BCUT2D eigenvalue weighted by Gasteiger charge is 1.83. The van der Waals surface area contributed by atoms with Crippen LogP contribution < -0.4 is 0 Å². The molecule has 2 aromatic rings. The molecule has 0 N–H and O–H groups in total. The average Bonchev–Trinajstić information content (AvgIpc) is 2.42. The van der Waals surface area contributed by atoms with E-state index in [0.29, 0.717) is 0 Å². The molecule has 0 unspecified atom stereocenters. The summed E-state index contributed by atoms with van der Waals surface area (Å²) in [6.07, 6.45) is 9.87. The maximum Gasteiger partial charge on any atom is 0.0623 e. The van der Waals surface area contributed by atoms with Crippen LogP contribution in [0.25, 0.3) is 6.08 Å². The average molecular weight is 224 g/mol. The van der Waals surface area contributed by atoms with Crippen molar-refractivity contribution in [3.63, 3.8) is 0 Å². The molecule has 0 aliphatic rings. The second-order valence-corrected chi connectivity index (χ2v) is 3.31. The van der Waals surface area contributed by atoms with Gasteiger partial charge in [-0.05, 0) is 36.3 Å². The third-order valence-corrected chi connectivity index (χ3v) is 2.00. The normalized spacial score (nSPS) is 8.71. The van der Waals surface area contributed by atoms with Crippen molar-refractivity contribution in [2.75, 3.05) is 0 Å². The Hall–Kier alpha value is -2.22. The highest BCUT2D eigenvalue weighted by atomic mass is 14.6. The highest BCUT2D eigenvalue weighted by Crippen LogP contribution is 1.95. The summed E-state index contributed by atoms with van der Waals surface area (Å²) in [5, 5.41) is 0. The topological polar surface area (TPSA) is 25.8 Å². The largest absolute Gasteiger partial charge is 0.264 e. The quantitative estimate of drug-likeness (QED) is 0.745. The van der Waals surface area contributed by atoms with Crippen LogP contribution in [0.4, 0.5) is 0 Å². The molecule has 2 aromatic heterocycles. The Labute approximate surface area is 102 Å². The van der Waals surface area contributed by atoms with Crippen LogP contribution in [0, 0.1) is 0 Å². The van der Waals surface area contributed by atoms with Crippen LogP contribution in [-0.4, -0.2) is 9.97 Å². The van der Waals surface area contributed by atoms with Crippen molar-refractivity contribution in [2.45, 2.75) is 6.42 Å². The van der Waals surface area contributed by atoms with Crippen molar-refractivity contribution in [3.8, 4) is 0 Å². The third kappa shape index (κ3) is 5.42. The molecule has 0 saturated heterocycles. The van der Waals surface area contributed by atoms with E-state index in [9.17, 15) is 0 Å². The number of rotatable bonds is 3. The zero-order valence-electron chi connectivity index (χ0n) is 9.79. The monoisotopic (exact) mass is 224 g/mol. The van der Waals surface area contributed by atoms with Gasteiger partial charge >= 0.3 is 0 Å². The lowest BCUT2D eigenvalue weighted by Gasteiger charge is -1.90. The fourth-order valence-electron chi connectivity index (χ4n) is 1.18. The van der Waals surface area contributed by atoms with Gasteiger partial charge in [0.05, 0.1) is 5.69 Å². The Balaban J connectivity index is 0.000000171. The molecular formula is C15H16N2. The molecule has 2 rings (SSSR count). The first-order valence-electron chi connectivity index (χ1n) is 5.40. The van der Waals surface area contributed by atoms with Crippen LogP contribution in [0.1, 0.15) is 11.3 Å². The van der Waals surface area contributed by atoms with Crippen LogP contribution in [0.3, 0.4) is 0 Å². The molecular weight excluding hydrogens is 208 g/mol. The van der Waals surface area contributed by atoms with E-state index in [-0.39, 0.29) is 0 Å². The molecule has 2 heterocycles. The van der Waals surface area contributed by atoms with Crippen LogP contribution in [0.2, 0.25) is 0 Å². The molecule has 0 spiro atoms. The predicted molar refractivity (Wildman–Crippen MR) is 72.5 cm³/mol. The molecule has 0 atom stereocenters. The molecule has 17 heavy (non-hydrogen) atoms. The maximum atomic E-state index is 3.98. The van der Waals surface area contributed by atoms with Crippen LogP contribution in [0.15, 0.2) is 68.2 Å². The summed E-state index contributed by atoms with van der Waals surface area (Å²) in [6.45, 7) is 7.20. The minimum Gasteiger partial charge on any atom is -0.264 e. The van der Waals surface area contributed by atoms with Gasteiger partial charge in [-0.1, -0.05) is 24.8 Å². The van der Waals surface area contributed by atoms with Crippen molar-refractivity contribution < 1.29 is 0 Å². The predicted octanol–water partition coefficient (Wildman–Crippen LogP) is 3.53. The Morgan fingerprint density at radius 3 is 2.41 bits per heavy atom. The van der Waals surface area contributed by atoms with E-state index < -0.39 is 0 Å². The molecule has 0 bridgehead atoms. The lowest BCUT2D eigenvalue weighted by molar-refractivity contribution is 1.19. The van der Waals surface area contributed by atoms with Crippen molar-refractivity contribution in [3.05, 3.63) is 79.4 Å². The fourth-order valence-corrected chi connectivity index (χ4v) is 1.18. The smallest absolute Gasteiger partial charge is 0.0623 e. The van der Waals surface area contributed by atoms with Crippen molar-refractivity contribution >= 4 is 6.08 Å². The summed E-state index contributed by atoms with van der Waals surface area (Å²) >= 11 is 0. The standard InChI is InChI=1S/C8H9N.C7H7N/c1-2-4-8-5-3-6-9-7-8;1-2-7-5-3-4-6-8-7/h2-3,5-7H,1,4H2;2-6H,1H2. The molecule has 0 fully saturated rings. The van der Waals surface area contributed by atoms with E-state index >= 15 is 0 Å². The first-order valence-corrected chi connectivity index (χ1v) is 5.40. The van der Waals surface area contributed by atoms with Gasteiger partial charge in [-0.25, -0.2) is 0 Å². The van der Waals surface area contributed by atoms with E-state index in [2.05, 4.69) is 23.1 Å². The number of hydrogen-bond acceptors (Lipinski definition) is 2. The Bertz CT molecular complexity index is 435. The zero-order chi connectivity index (χ0) is 12.3. The van der Waals surface area contributed by atoms with Gasteiger partial charge in [-0.2, -0.15) is 0 Å². The Kier molecular flexibility index (Phi) is 6.04. The number of pyridine rings is 2.